The summed E-state index contributed by atoms with van der Waals surface area (Å²) < 4.78 is 35.1. The minimum absolute atomic E-state index is 0.399. The lowest BCUT2D eigenvalue weighted by Crippen LogP contribution is -2.40. The molecule has 0 fully saturated rings. The molecule has 3 aromatic heterocycles. The summed E-state index contributed by atoms with van der Waals surface area (Å²) in [7, 11) is 6.34. The molecule has 0 aliphatic carbocycles. The predicted molar refractivity (Wildman–Crippen MR) is 221 cm³/mol. The molecule has 0 radical (unpaired) electrons. The van der Waals surface area contributed by atoms with Gasteiger partial charge in [-0.25, -0.2) is 14.8 Å². The molecule has 3 heterocycles. The van der Waals surface area contributed by atoms with Crippen LogP contribution in [0.3, 0.4) is 0 Å². The highest BCUT2D eigenvalue weighted by molar-refractivity contribution is 6.03. The van der Waals surface area contributed by atoms with Crippen LogP contribution in [0.1, 0.15) is 22.3 Å². The second-order valence-electron chi connectivity index (χ2n) is 13.1. The molecule has 13 nitrogen and oxygen atoms in total. The van der Waals surface area contributed by atoms with Crippen molar-refractivity contribution in [3.63, 3.8) is 0 Å². The van der Waals surface area contributed by atoms with Crippen LogP contribution in [0.2, 0.25) is 0 Å². The third kappa shape index (κ3) is 7.55. The number of benzene rings is 4. The van der Waals surface area contributed by atoms with Crippen molar-refractivity contribution in [1.82, 2.24) is 15.0 Å². The van der Waals surface area contributed by atoms with Crippen LogP contribution in [-0.2, 0) is 0 Å². The molecule has 2 amide bonds. The maximum absolute atomic E-state index is 14.1. The minimum atomic E-state index is -0.448. The Morgan fingerprint density at radius 1 is 0.526 bits per heavy atom. The van der Waals surface area contributed by atoms with Crippen LogP contribution in [0.25, 0.3) is 21.8 Å². The van der Waals surface area contributed by atoms with Gasteiger partial charge in [-0.2, -0.15) is 0 Å². The standard InChI is InChI=1S/C44H42N6O7/c1-25-27(3)35(56-37-16-19-45-32-23-41(54-7)39(52-5)21-29(32)37)14-12-31(25)49-50(44(51)48-43-11-9-10-18-47-43)34-13-15-36(28(4)26(34)2)57-38-17-20-46-33-24-42(55-8)40(53-6)22-30(33)38/h9-24,49H,1-8H3,(H,47,48,51). The summed E-state index contributed by atoms with van der Waals surface area (Å²) in [5.74, 6) is 5.11. The molecule has 13 heteroatoms. The fourth-order valence-electron chi connectivity index (χ4n) is 6.41. The number of aromatic nitrogens is 3. The first-order valence-corrected chi connectivity index (χ1v) is 18.0. The Labute approximate surface area is 330 Å². The first-order chi connectivity index (χ1) is 27.6. The second-order valence-corrected chi connectivity index (χ2v) is 13.1. The molecule has 57 heavy (non-hydrogen) atoms. The van der Waals surface area contributed by atoms with E-state index in [2.05, 4.69) is 25.7 Å². The van der Waals surface area contributed by atoms with E-state index in [9.17, 15) is 4.79 Å². The first kappa shape index (κ1) is 38.0. The van der Waals surface area contributed by atoms with Crippen molar-refractivity contribution in [2.75, 3.05) is 44.2 Å². The van der Waals surface area contributed by atoms with Gasteiger partial charge in [-0.1, -0.05) is 6.07 Å². The molecular formula is C44H42N6O7. The number of amides is 2. The van der Waals surface area contributed by atoms with Crippen molar-refractivity contribution >= 4 is 45.0 Å². The largest absolute Gasteiger partial charge is 0.493 e. The van der Waals surface area contributed by atoms with E-state index in [1.165, 1.54) is 5.01 Å². The highest BCUT2D eigenvalue weighted by atomic mass is 16.5. The fraction of sp³-hybridized carbons (Fsp3) is 0.182. The van der Waals surface area contributed by atoms with E-state index in [1.807, 2.05) is 82.3 Å². The van der Waals surface area contributed by atoms with Gasteiger partial charge in [-0.3, -0.25) is 20.7 Å². The van der Waals surface area contributed by atoms with Crippen LogP contribution in [-0.4, -0.2) is 49.4 Å². The van der Waals surface area contributed by atoms with Crippen LogP contribution in [0.4, 0.5) is 22.0 Å². The Morgan fingerprint density at radius 3 is 1.58 bits per heavy atom. The molecule has 0 atom stereocenters. The van der Waals surface area contributed by atoms with Gasteiger partial charge in [0.2, 0.25) is 0 Å². The molecule has 290 valence electrons. The number of pyridine rings is 3. The first-order valence-electron chi connectivity index (χ1n) is 18.0. The number of anilines is 3. The molecule has 0 saturated carbocycles. The molecule has 0 bridgehead atoms. The van der Waals surface area contributed by atoms with Crippen LogP contribution < -0.4 is 44.2 Å². The number of methoxy groups -OCH3 is 4. The van der Waals surface area contributed by atoms with Gasteiger partial charge in [-0.05, 0) is 111 Å². The number of urea groups is 1. The number of hydrogen-bond donors (Lipinski definition) is 2. The summed E-state index contributed by atoms with van der Waals surface area (Å²) in [5.41, 5.74) is 9.42. The van der Waals surface area contributed by atoms with Gasteiger partial charge in [0.25, 0.3) is 0 Å². The summed E-state index contributed by atoms with van der Waals surface area (Å²) in [6, 6.07) is 23.2. The summed E-state index contributed by atoms with van der Waals surface area (Å²) in [4.78, 5) is 27.5. The average molecular weight is 767 g/mol. The number of nitrogens with one attached hydrogen (secondary N) is 2. The molecule has 7 aromatic rings. The number of nitrogens with zero attached hydrogens (tertiary/aromatic N) is 4. The van der Waals surface area contributed by atoms with Crippen LogP contribution in [0, 0.1) is 27.7 Å². The predicted octanol–water partition coefficient (Wildman–Crippen LogP) is 10.1. The van der Waals surface area contributed by atoms with Crippen molar-refractivity contribution < 1.29 is 33.2 Å². The number of fused-ring (bicyclic) bond motifs is 2. The number of rotatable bonds is 12. The lowest BCUT2D eigenvalue weighted by atomic mass is 10.1. The lowest BCUT2D eigenvalue weighted by Gasteiger charge is -2.28. The molecule has 0 aliphatic heterocycles. The topological polar surface area (TPSA) is 138 Å². The zero-order chi connectivity index (χ0) is 40.2. The molecule has 4 aromatic carbocycles. The molecule has 2 N–H and O–H groups in total. The highest BCUT2D eigenvalue weighted by Crippen LogP contribution is 2.41. The van der Waals surface area contributed by atoms with E-state index in [1.54, 1.807) is 71.3 Å². The maximum Gasteiger partial charge on any atom is 0.346 e. The highest BCUT2D eigenvalue weighted by Gasteiger charge is 2.23. The number of carbonyl (C=O) groups excluding carboxylic acids is 1. The summed E-state index contributed by atoms with van der Waals surface area (Å²) in [6.07, 6.45) is 4.99. The van der Waals surface area contributed by atoms with E-state index in [4.69, 9.17) is 28.4 Å². The van der Waals surface area contributed by atoms with Gasteiger partial charge in [-0.15, -0.1) is 0 Å². The summed E-state index contributed by atoms with van der Waals surface area (Å²) in [5, 5.41) is 5.91. The van der Waals surface area contributed by atoms with Crippen LogP contribution in [0.15, 0.2) is 97.5 Å². The molecule has 0 spiro atoms. The zero-order valence-electron chi connectivity index (χ0n) is 32.9. The Bertz CT molecular complexity index is 2620. The van der Waals surface area contributed by atoms with Crippen molar-refractivity contribution in [1.29, 1.82) is 0 Å². The zero-order valence-corrected chi connectivity index (χ0v) is 32.9. The van der Waals surface area contributed by atoms with Crippen molar-refractivity contribution in [2.24, 2.45) is 0 Å². The van der Waals surface area contributed by atoms with E-state index < -0.39 is 6.03 Å². The molecule has 7 rings (SSSR count). The lowest BCUT2D eigenvalue weighted by molar-refractivity contribution is 0.258. The Balaban J connectivity index is 1.22. The van der Waals surface area contributed by atoms with Crippen molar-refractivity contribution in [2.45, 2.75) is 27.7 Å². The Morgan fingerprint density at radius 2 is 1.05 bits per heavy atom. The summed E-state index contributed by atoms with van der Waals surface area (Å²) in [6.45, 7) is 7.83. The average Bonchev–Trinajstić information content (AvgIpc) is 3.23. The Kier molecular flexibility index (Phi) is 10.8. The summed E-state index contributed by atoms with van der Waals surface area (Å²) >= 11 is 0. The smallest absolute Gasteiger partial charge is 0.346 e. The van der Waals surface area contributed by atoms with Gasteiger partial charge in [0.1, 0.15) is 28.8 Å². The van der Waals surface area contributed by atoms with E-state index >= 15 is 0 Å². The van der Waals surface area contributed by atoms with Crippen molar-refractivity contribution in [3.8, 4) is 46.0 Å². The monoisotopic (exact) mass is 766 g/mol. The number of carbonyl (C=O) groups is 1. The number of hydrazine groups is 1. The number of hydrogen-bond acceptors (Lipinski definition) is 11. The normalized spacial score (nSPS) is 10.9. The SMILES string of the molecule is COc1cc2nccc(Oc3ccc(NN(C(=O)Nc4ccccn4)c4ccc(Oc5ccnc6cc(OC)c(OC)cc56)c(C)c4C)c(C)c3C)c2cc1OC. The second kappa shape index (κ2) is 16.2. The van der Waals surface area contributed by atoms with Crippen LogP contribution >= 0.6 is 0 Å². The molecular weight excluding hydrogens is 725 g/mol. The van der Waals surface area contributed by atoms with E-state index in [0.29, 0.717) is 74.2 Å². The third-order valence-corrected chi connectivity index (χ3v) is 9.88. The number of ether oxygens (including phenoxy) is 6. The molecule has 0 unspecified atom stereocenters. The van der Waals surface area contributed by atoms with Crippen LogP contribution in [0.5, 0.6) is 46.0 Å². The quantitative estimate of drug-likeness (QED) is 0.115. The fourth-order valence-corrected chi connectivity index (χ4v) is 6.41. The van der Waals surface area contributed by atoms with E-state index in [0.717, 1.165) is 33.0 Å². The van der Waals surface area contributed by atoms with Gasteiger partial charge in [0.05, 0.1) is 50.8 Å². The minimum Gasteiger partial charge on any atom is -0.493 e. The Hall–Kier alpha value is -7.28. The van der Waals surface area contributed by atoms with Gasteiger partial charge in [0, 0.05) is 41.5 Å². The van der Waals surface area contributed by atoms with Crippen molar-refractivity contribution in [3.05, 3.63) is 120 Å². The van der Waals surface area contributed by atoms with Gasteiger partial charge < -0.3 is 28.4 Å². The van der Waals surface area contributed by atoms with Gasteiger partial charge >= 0.3 is 6.03 Å². The maximum atomic E-state index is 14.1. The molecule has 0 aliphatic rings. The van der Waals surface area contributed by atoms with Gasteiger partial charge in [0.15, 0.2) is 23.0 Å². The third-order valence-electron chi connectivity index (χ3n) is 9.88. The molecule has 0 saturated heterocycles. The van der Waals surface area contributed by atoms with E-state index in [-0.39, 0.29) is 0 Å².